The molecule has 9 nitrogen and oxygen atoms in total. The van der Waals surface area contributed by atoms with Gasteiger partial charge in [-0.05, 0) is 62.2 Å². The molecular weight excluding hydrogens is 465 g/mol. The monoisotopic (exact) mass is 493 g/mol. The first-order valence-electron chi connectivity index (χ1n) is 11.5. The maximum atomic E-state index is 13.6. The van der Waals surface area contributed by atoms with E-state index < -0.39 is 17.6 Å². The number of ketones is 1. The number of halogens is 1. The van der Waals surface area contributed by atoms with Crippen LogP contribution < -0.4 is 15.5 Å². The second kappa shape index (κ2) is 10.3. The first kappa shape index (κ1) is 25.1. The summed E-state index contributed by atoms with van der Waals surface area (Å²) in [4.78, 5) is 45.3. The Balaban J connectivity index is 1.50. The van der Waals surface area contributed by atoms with Crippen molar-refractivity contribution in [2.24, 2.45) is 7.05 Å². The van der Waals surface area contributed by atoms with Crippen LogP contribution in [-0.2, 0) is 16.6 Å². The summed E-state index contributed by atoms with van der Waals surface area (Å²) >= 11 is 0. The molecule has 0 aliphatic carbocycles. The highest BCUT2D eigenvalue weighted by Crippen LogP contribution is 2.24. The maximum Gasteiger partial charge on any atom is 0.298 e. The first-order valence-corrected chi connectivity index (χ1v) is 11.5. The molecule has 3 heterocycles. The number of hydrogen-bond donors (Lipinski definition) is 2. The van der Waals surface area contributed by atoms with Gasteiger partial charge in [0.2, 0.25) is 0 Å². The summed E-state index contributed by atoms with van der Waals surface area (Å²) in [7, 11) is 1.63. The zero-order chi connectivity index (χ0) is 26.0. The van der Waals surface area contributed by atoms with E-state index in [9.17, 15) is 18.8 Å². The number of pyridine rings is 1. The molecule has 2 amide bonds. The molecule has 1 saturated heterocycles. The lowest BCUT2D eigenvalue weighted by Crippen LogP contribution is -2.36. The second-order valence-electron chi connectivity index (χ2n) is 8.70. The molecule has 0 radical (unpaired) electrons. The van der Waals surface area contributed by atoms with Gasteiger partial charge in [0.15, 0.2) is 0 Å². The van der Waals surface area contributed by atoms with Crippen LogP contribution in [0.4, 0.5) is 21.6 Å². The number of aryl methyl sites for hydroxylation is 1. The number of aromatic nitrogens is 2. The van der Waals surface area contributed by atoms with Crippen molar-refractivity contribution in [2.75, 3.05) is 41.8 Å². The predicted molar refractivity (Wildman–Crippen MR) is 134 cm³/mol. The van der Waals surface area contributed by atoms with Gasteiger partial charge in [-0.25, -0.2) is 9.37 Å². The second-order valence-corrected chi connectivity index (χ2v) is 8.70. The number of morpholine rings is 1. The van der Waals surface area contributed by atoms with E-state index in [0.29, 0.717) is 41.4 Å². The van der Waals surface area contributed by atoms with E-state index in [-0.39, 0.29) is 17.1 Å². The van der Waals surface area contributed by atoms with Crippen molar-refractivity contribution in [1.82, 2.24) is 9.55 Å². The predicted octanol–water partition coefficient (Wildman–Crippen LogP) is 3.39. The topological polar surface area (TPSA) is 106 Å². The van der Waals surface area contributed by atoms with E-state index in [2.05, 4.69) is 20.5 Å². The van der Waals surface area contributed by atoms with Crippen molar-refractivity contribution in [2.45, 2.75) is 20.8 Å². The van der Waals surface area contributed by atoms with Crippen LogP contribution in [0.1, 0.15) is 37.7 Å². The third-order valence-electron chi connectivity index (χ3n) is 6.34. The summed E-state index contributed by atoms with van der Waals surface area (Å²) in [6, 6.07) is 7.74. The Morgan fingerprint density at radius 3 is 2.33 bits per heavy atom. The van der Waals surface area contributed by atoms with Gasteiger partial charge in [-0.3, -0.25) is 14.4 Å². The molecule has 188 valence electrons. The van der Waals surface area contributed by atoms with E-state index in [4.69, 9.17) is 4.74 Å². The van der Waals surface area contributed by atoms with Gasteiger partial charge >= 0.3 is 0 Å². The number of rotatable bonds is 6. The Hall–Kier alpha value is -4.05. The highest BCUT2D eigenvalue weighted by molar-refractivity contribution is 6.46. The molecule has 2 aromatic heterocycles. The number of benzene rings is 1. The Morgan fingerprint density at radius 1 is 1.00 bits per heavy atom. The maximum absolute atomic E-state index is 13.6. The summed E-state index contributed by atoms with van der Waals surface area (Å²) in [6.07, 6.45) is 1.50. The highest BCUT2D eigenvalue weighted by Gasteiger charge is 2.28. The van der Waals surface area contributed by atoms with Gasteiger partial charge in [0, 0.05) is 31.5 Å². The molecule has 2 N–H and O–H groups in total. The fourth-order valence-corrected chi connectivity index (χ4v) is 4.28. The molecule has 10 heteroatoms. The van der Waals surface area contributed by atoms with Gasteiger partial charge in [0.1, 0.15) is 11.6 Å². The molecule has 0 spiro atoms. The molecule has 0 bridgehead atoms. The van der Waals surface area contributed by atoms with Crippen molar-refractivity contribution in [1.29, 1.82) is 0 Å². The van der Waals surface area contributed by atoms with E-state index in [1.165, 1.54) is 29.0 Å². The van der Waals surface area contributed by atoms with Crippen LogP contribution in [-0.4, -0.2) is 53.5 Å². The molecule has 0 atom stereocenters. The lowest BCUT2D eigenvalue weighted by molar-refractivity contribution is -0.112. The quantitative estimate of drug-likeness (QED) is 0.403. The average Bonchev–Trinajstić information content (AvgIpc) is 3.09. The van der Waals surface area contributed by atoms with Crippen molar-refractivity contribution in [3.05, 3.63) is 70.4 Å². The summed E-state index contributed by atoms with van der Waals surface area (Å²) in [5, 5.41) is 5.33. The zero-order valence-corrected chi connectivity index (χ0v) is 20.6. The Bertz CT molecular complexity index is 1330. The minimum atomic E-state index is -0.833. The summed E-state index contributed by atoms with van der Waals surface area (Å²) in [6.45, 7) is 7.66. The van der Waals surface area contributed by atoms with Crippen LogP contribution in [0.5, 0.6) is 0 Å². The minimum Gasteiger partial charge on any atom is -0.378 e. The van der Waals surface area contributed by atoms with Gasteiger partial charge < -0.3 is 24.8 Å². The summed E-state index contributed by atoms with van der Waals surface area (Å²) in [5.74, 6) is -1.66. The fourth-order valence-electron chi connectivity index (χ4n) is 4.28. The standard InChI is InChI=1S/C26H28FN5O4/c1-15-13-18(5-7-20(15)27)29-25(34)22-16(2)23(31(4)17(22)3)24(33)26(35)30-19-6-8-21(28-14-19)32-9-11-36-12-10-32/h5-8,13-14H,9-12H2,1-4H3,(H,29,34)(H,30,35). The Kier molecular flexibility index (Phi) is 7.16. The molecule has 3 aromatic rings. The minimum absolute atomic E-state index is 0.114. The van der Waals surface area contributed by atoms with Crippen LogP contribution >= 0.6 is 0 Å². The molecule has 1 fully saturated rings. The highest BCUT2D eigenvalue weighted by atomic mass is 19.1. The van der Waals surface area contributed by atoms with Crippen LogP contribution in [0.2, 0.25) is 0 Å². The van der Waals surface area contributed by atoms with Crippen LogP contribution in [0, 0.1) is 26.6 Å². The normalized spacial score (nSPS) is 13.4. The van der Waals surface area contributed by atoms with Crippen molar-refractivity contribution in [3.63, 3.8) is 0 Å². The third kappa shape index (κ3) is 4.99. The van der Waals surface area contributed by atoms with E-state index >= 15 is 0 Å². The third-order valence-corrected chi connectivity index (χ3v) is 6.34. The number of anilines is 3. The first-order chi connectivity index (χ1) is 17.2. The van der Waals surface area contributed by atoms with Gasteiger partial charge in [0.25, 0.3) is 17.6 Å². The van der Waals surface area contributed by atoms with E-state index in [1.807, 2.05) is 0 Å². The van der Waals surface area contributed by atoms with Gasteiger partial charge in [0.05, 0.1) is 36.4 Å². The van der Waals surface area contributed by atoms with Crippen molar-refractivity contribution in [3.8, 4) is 0 Å². The number of ether oxygens (including phenoxy) is 1. The number of nitrogens with zero attached hydrogens (tertiary/aromatic N) is 3. The largest absolute Gasteiger partial charge is 0.378 e. The van der Waals surface area contributed by atoms with Crippen LogP contribution in [0.15, 0.2) is 36.5 Å². The average molecular weight is 494 g/mol. The molecule has 4 rings (SSSR count). The number of amides is 2. The Labute approximate surface area is 208 Å². The number of carbonyl (C=O) groups is 3. The van der Waals surface area contributed by atoms with E-state index in [1.54, 1.807) is 40.0 Å². The molecular formula is C26H28FN5O4. The number of nitrogens with one attached hydrogen (secondary N) is 2. The summed E-state index contributed by atoms with van der Waals surface area (Å²) in [5.41, 5.74) is 2.52. The number of hydrogen-bond acceptors (Lipinski definition) is 6. The molecule has 0 unspecified atom stereocenters. The number of Topliss-reactive ketones (excluding diaryl/α,β-unsaturated/α-hetero) is 1. The van der Waals surface area contributed by atoms with Crippen molar-refractivity contribution >= 4 is 34.8 Å². The van der Waals surface area contributed by atoms with Gasteiger partial charge in [-0.15, -0.1) is 0 Å². The molecule has 36 heavy (non-hydrogen) atoms. The van der Waals surface area contributed by atoms with Crippen LogP contribution in [0.25, 0.3) is 0 Å². The fraction of sp³-hybridized carbons (Fsp3) is 0.308. The Morgan fingerprint density at radius 2 is 1.69 bits per heavy atom. The van der Waals surface area contributed by atoms with Crippen molar-refractivity contribution < 1.29 is 23.5 Å². The van der Waals surface area contributed by atoms with Gasteiger partial charge in [-0.2, -0.15) is 0 Å². The number of carbonyl (C=O) groups excluding carboxylic acids is 3. The molecule has 1 aliphatic heterocycles. The van der Waals surface area contributed by atoms with Crippen LogP contribution in [0.3, 0.4) is 0 Å². The smallest absolute Gasteiger partial charge is 0.298 e. The lowest BCUT2D eigenvalue weighted by atomic mass is 10.1. The molecule has 0 saturated carbocycles. The molecule has 1 aromatic carbocycles. The van der Waals surface area contributed by atoms with Gasteiger partial charge in [-0.1, -0.05) is 0 Å². The summed E-state index contributed by atoms with van der Waals surface area (Å²) < 4.78 is 20.4. The zero-order valence-electron chi connectivity index (χ0n) is 20.6. The SMILES string of the molecule is Cc1cc(NC(=O)c2c(C)c(C(=O)C(=O)Nc3ccc(N4CCOCC4)nc3)n(C)c2C)ccc1F. The molecule has 1 aliphatic rings. The van der Waals surface area contributed by atoms with E-state index in [0.717, 1.165) is 18.9 Å². The lowest BCUT2D eigenvalue weighted by Gasteiger charge is -2.27.